The molecule has 0 N–H and O–H groups in total. The van der Waals surface area contributed by atoms with Gasteiger partial charge in [0.25, 0.3) is 0 Å². The zero-order valence-corrected chi connectivity index (χ0v) is 16.8. The van der Waals surface area contributed by atoms with Crippen molar-refractivity contribution in [2.45, 2.75) is 51.4 Å². The number of likely N-dealkylation sites (tertiary alicyclic amines) is 2. The van der Waals surface area contributed by atoms with Crippen LogP contribution in [0.2, 0.25) is 0 Å². The number of hydrogen-bond acceptors (Lipinski definition) is 2. The predicted molar refractivity (Wildman–Crippen MR) is 110 cm³/mol. The summed E-state index contributed by atoms with van der Waals surface area (Å²) in [5, 5.41) is 0. The minimum atomic E-state index is -0.921. The first kappa shape index (κ1) is 19.1. The number of halogens is 1. The van der Waals surface area contributed by atoms with E-state index < -0.39 is 6.17 Å². The van der Waals surface area contributed by atoms with Gasteiger partial charge in [0.15, 0.2) is 0 Å². The average Bonchev–Trinajstić information content (AvgIpc) is 3.05. The molecule has 2 aliphatic rings. The largest absolute Gasteiger partial charge is 0.337 e. The van der Waals surface area contributed by atoms with Crippen LogP contribution in [0.1, 0.15) is 41.0 Å². The summed E-state index contributed by atoms with van der Waals surface area (Å²) in [4.78, 5) is 16.9. The fraction of sp³-hybridized carbons (Fsp3) is 0.458. The molecule has 3 nitrogen and oxygen atoms in total. The maximum atomic E-state index is 15.0. The van der Waals surface area contributed by atoms with Crippen LogP contribution in [-0.2, 0) is 11.3 Å². The summed E-state index contributed by atoms with van der Waals surface area (Å²) in [5.74, 6) is 0.0959. The van der Waals surface area contributed by atoms with Crippen molar-refractivity contribution in [1.29, 1.82) is 0 Å². The molecule has 0 spiro atoms. The molecule has 2 aliphatic heterocycles. The maximum absolute atomic E-state index is 15.0. The van der Waals surface area contributed by atoms with E-state index in [-0.39, 0.29) is 17.9 Å². The van der Waals surface area contributed by atoms with Crippen molar-refractivity contribution in [2.24, 2.45) is 0 Å². The fourth-order valence-corrected chi connectivity index (χ4v) is 4.53. The van der Waals surface area contributed by atoms with E-state index >= 15 is 0 Å². The van der Waals surface area contributed by atoms with E-state index in [1.807, 2.05) is 24.0 Å². The van der Waals surface area contributed by atoms with Gasteiger partial charge in [-0.2, -0.15) is 0 Å². The molecule has 4 rings (SSSR count). The molecule has 3 atom stereocenters. The molecule has 0 unspecified atom stereocenters. The van der Waals surface area contributed by atoms with Crippen LogP contribution in [0.5, 0.6) is 0 Å². The number of carbonyl (C=O) groups excluding carboxylic acids is 1. The van der Waals surface area contributed by atoms with Crippen molar-refractivity contribution in [1.82, 2.24) is 9.80 Å². The van der Waals surface area contributed by atoms with Crippen molar-refractivity contribution in [3.8, 4) is 0 Å². The van der Waals surface area contributed by atoms with Crippen LogP contribution in [0.4, 0.5) is 4.39 Å². The van der Waals surface area contributed by atoms with Gasteiger partial charge in [-0.1, -0.05) is 59.7 Å². The molecule has 0 radical (unpaired) electrons. The van der Waals surface area contributed by atoms with Gasteiger partial charge < -0.3 is 4.90 Å². The molecule has 0 bridgehead atoms. The molecule has 1 amide bonds. The van der Waals surface area contributed by atoms with Gasteiger partial charge in [-0.05, 0) is 44.4 Å². The molecule has 0 aromatic heterocycles. The number of alkyl halides is 1. The molecule has 0 aliphatic carbocycles. The van der Waals surface area contributed by atoms with E-state index in [2.05, 4.69) is 48.2 Å². The lowest BCUT2D eigenvalue weighted by molar-refractivity contribution is -0.133. The minimum absolute atomic E-state index is 0.0583. The second-order valence-corrected chi connectivity index (χ2v) is 8.37. The Bertz CT molecular complexity index is 818. The van der Waals surface area contributed by atoms with Crippen LogP contribution in [0.15, 0.2) is 48.5 Å². The Morgan fingerprint density at radius 3 is 2.21 bits per heavy atom. The van der Waals surface area contributed by atoms with Crippen molar-refractivity contribution < 1.29 is 9.18 Å². The summed E-state index contributed by atoms with van der Waals surface area (Å²) in [5.41, 5.74) is 4.65. The van der Waals surface area contributed by atoms with Gasteiger partial charge in [0.05, 0.1) is 6.04 Å². The van der Waals surface area contributed by atoms with Crippen LogP contribution in [0, 0.1) is 13.8 Å². The standard InChI is InChI=1S/C24H29FN2O/c1-17-3-7-19(8-4-17)15-27-14-12-23(24(27)28)26-13-11-21(22(25)16-26)20-9-5-18(2)6-10-20/h3-10,21-23H,11-16H2,1-2H3/t21-,22+,23+/m1/s1. The second-order valence-electron chi connectivity index (χ2n) is 8.37. The van der Waals surface area contributed by atoms with Crippen LogP contribution in [-0.4, -0.2) is 47.6 Å². The topological polar surface area (TPSA) is 23.6 Å². The first-order valence-corrected chi connectivity index (χ1v) is 10.3. The minimum Gasteiger partial charge on any atom is -0.337 e. The maximum Gasteiger partial charge on any atom is 0.240 e. The monoisotopic (exact) mass is 380 g/mol. The lowest BCUT2D eigenvalue weighted by Crippen LogP contribution is -2.49. The number of hydrogen-bond donors (Lipinski definition) is 0. The van der Waals surface area contributed by atoms with Crippen LogP contribution < -0.4 is 0 Å². The summed E-state index contributed by atoms with van der Waals surface area (Å²) < 4.78 is 15.0. The Labute approximate surface area is 167 Å². The molecule has 28 heavy (non-hydrogen) atoms. The van der Waals surface area contributed by atoms with Crippen LogP contribution in [0.3, 0.4) is 0 Å². The van der Waals surface area contributed by atoms with Gasteiger partial charge in [0, 0.05) is 25.6 Å². The number of amides is 1. The lowest BCUT2D eigenvalue weighted by Gasteiger charge is -2.37. The second kappa shape index (κ2) is 8.04. The lowest BCUT2D eigenvalue weighted by atomic mass is 9.87. The molecular weight excluding hydrogens is 351 g/mol. The Kier molecular flexibility index (Phi) is 5.49. The van der Waals surface area contributed by atoms with E-state index in [0.717, 1.165) is 37.1 Å². The third kappa shape index (κ3) is 3.97. The van der Waals surface area contributed by atoms with Gasteiger partial charge >= 0.3 is 0 Å². The van der Waals surface area contributed by atoms with Crippen molar-refractivity contribution >= 4 is 5.91 Å². The summed E-state index contributed by atoms with van der Waals surface area (Å²) in [7, 11) is 0. The number of benzene rings is 2. The van der Waals surface area contributed by atoms with Gasteiger partial charge in [-0.25, -0.2) is 4.39 Å². The van der Waals surface area contributed by atoms with Gasteiger partial charge in [-0.15, -0.1) is 0 Å². The number of aryl methyl sites for hydroxylation is 2. The van der Waals surface area contributed by atoms with Gasteiger partial charge in [0.2, 0.25) is 5.91 Å². The quantitative estimate of drug-likeness (QED) is 0.792. The normalized spacial score (nSPS) is 26.0. The highest BCUT2D eigenvalue weighted by molar-refractivity contribution is 5.84. The first-order valence-electron chi connectivity index (χ1n) is 10.3. The van der Waals surface area contributed by atoms with Crippen molar-refractivity contribution in [3.05, 3.63) is 70.8 Å². The summed E-state index contributed by atoms with van der Waals surface area (Å²) >= 11 is 0. The van der Waals surface area contributed by atoms with Crippen molar-refractivity contribution in [2.75, 3.05) is 19.6 Å². The number of nitrogens with zero attached hydrogens (tertiary/aromatic N) is 2. The molecule has 0 saturated carbocycles. The number of piperidine rings is 1. The highest BCUT2D eigenvalue weighted by atomic mass is 19.1. The highest BCUT2D eigenvalue weighted by Gasteiger charge is 2.40. The Balaban J connectivity index is 1.37. The molecule has 2 aromatic rings. The molecule has 2 fully saturated rings. The molecule has 148 valence electrons. The third-order valence-electron chi connectivity index (χ3n) is 6.28. The van der Waals surface area contributed by atoms with Crippen LogP contribution >= 0.6 is 0 Å². The van der Waals surface area contributed by atoms with Gasteiger partial charge in [0.1, 0.15) is 6.17 Å². The SMILES string of the molecule is Cc1ccc(CN2CC[C@H](N3CC[C@H](c4ccc(C)cc4)[C@@H](F)C3)C2=O)cc1. The summed E-state index contributed by atoms with van der Waals surface area (Å²) in [6.07, 6.45) is 0.647. The van der Waals surface area contributed by atoms with Crippen molar-refractivity contribution in [3.63, 3.8) is 0 Å². The Morgan fingerprint density at radius 1 is 0.929 bits per heavy atom. The third-order valence-corrected chi connectivity index (χ3v) is 6.28. The van der Waals surface area contributed by atoms with E-state index in [1.165, 1.54) is 11.1 Å². The zero-order chi connectivity index (χ0) is 19.7. The average molecular weight is 381 g/mol. The number of carbonyl (C=O) groups is 1. The Morgan fingerprint density at radius 2 is 1.57 bits per heavy atom. The fourth-order valence-electron chi connectivity index (χ4n) is 4.53. The predicted octanol–water partition coefficient (Wildman–Crippen LogP) is 4.23. The number of rotatable bonds is 4. The zero-order valence-electron chi connectivity index (χ0n) is 16.8. The summed E-state index contributed by atoms with van der Waals surface area (Å²) in [6, 6.07) is 16.4. The van der Waals surface area contributed by atoms with E-state index in [4.69, 9.17) is 0 Å². The molecular formula is C24H29FN2O. The smallest absolute Gasteiger partial charge is 0.240 e. The molecule has 4 heteroatoms. The molecule has 2 heterocycles. The van der Waals surface area contributed by atoms with E-state index in [0.29, 0.717) is 13.1 Å². The van der Waals surface area contributed by atoms with Crippen LogP contribution in [0.25, 0.3) is 0 Å². The molecule has 2 saturated heterocycles. The molecule has 2 aromatic carbocycles. The highest BCUT2D eigenvalue weighted by Crippen LogP contribution is 2.33. The Hall–Kier alpha value is -2.20. The van der Waals surface area contributed by atoms with Gasteiger partial charge in [-0.3, -0.25) is 9.69 Å². The van der Waals surface area contributed by atoms with E-state index in [1.54, 1.807) is 0 Å². The first-order chi connectivity index (χ1) is 13.5. The van der Waals surface area contributed by atoms with E-state index in [9.17, 15) is 9.18 Å². The summed E-state index contributed by atoms with van der Waals surface area (Å²) in [6.45, 7) is 6.66.